The van der Waals surface area contributed by atoms with Gasteiger partial charge in [0.15, 0.2) is 0 Å². The minimum absolute atomic E-state index is 0.000508. The predicted molar refractivity (Wildman–Crippen MR) is 64.5 cm³/mol. The second kappa shape index (κ2) is 5.72. The van der Waals surface area contributed by atoms with Gasteiger partial charge in [-0.05, 0) is 11.6 Å². The zero-order valence-electron chi connectivity index (χ0n) is 9.12. The Kier molecular flexibility index (Phi) is 4.58. The van der Waals surface area contributed by atoms with E-state index in [1.165, 1.54) is 6.92 Å². The van der Waals surface area contributed by atoms with E-state index in [-0.39, 0.29) is 5.91 Å². The topological polar surface area (TPSA) is 55.4 Å². The highest BCUT2D eigenvalue weighted by Gasteiger charge is 2.17. The van der Waals surface area contributed by atoms with Crippen LogP contribution in [0.1, 0.15) is 13.3 Å². The van der Waals surface area contributed by atoms with Crippen molar-refractivity contribution in [3.05, 3.63) is 40.2 Å². The summed E-state index contributed by atoms with van der Waals surface area (Å²) < 4.78 is 0. The molecule has 5 heteroatoms. The Morgan fingerprint density at radius 2 is 2.38 bits per heavy atom. The van der Waals surface area contributed by atoms with E-state index in [9.17, 15) is 10.0 Å². The molecule has 0 aromatic rings. The largest absolute Gasteiger partial charge is 0.761 e. The van der Waals surface area contributed by atoms with Gasteiger partial charge in [0.05, 0.1) is 0 Å². The van der Waals surface area contributed by atoms with Crippen LogP contribution in [0.15, 0.2) is 35.0 Å². The molecule has 0 aromatic carbocycles. The van der Waals surface area contributed by atoms with Crippen molar-refractivity contribution in [3.63, 3.8) is 0 Å². The van der Waals surface area contributed by atoms with Crippen molar-refractivity contribution in [2.24, 2.45) is 0 Å². The van der Waals surface area contributed by atoms with Crippen LogP contribution in [0.3, 0.4) is 0 Å². The van der Waals surface area contributed by atoms with Gasteiger partial charge in [-0.15, -0.1) is 0 Å². The second-order valence-electron chi connectivity index (χ2n) is 3.58. The van der Waals surface area contributed by atoms with Gasteiger partial charge in [-0.1, -0.05) is 24.3 Å². The molecule has 1 aliphatic heterocycles. The first kappa shape index (κ1) is 12.8. The van der Waals surface area contributed by atoms with Gasteiger partial charge in [0, 0.05) is 37.2 Å². The minimum atomic E-state index is 0.000508. The van der Waals surface area contributed by atoms with E-state index < -0.39 is 0 Å². The van der Waals surface area contributed by atoms with Gasteiger partial charge < -0.3 is 15.6 Å². The fraction of sp³-hybridized carbons (Fsp3) is 0.364. The first-order valence-electron chi connectivity index (χ1n) is 4.92. The van der Waals surface area contributed by atoms with Crippen molar-refractivity contribution in [2.75, 3.05) is 13.1 Å². The van der Waals surface area contributed by atoms with Gasteiger partial charge in [-0.3, -0.25) is 4.79 Å². The van der Waals surface area contributed by atoms with Crippen molar-refractivity contribution in [3.8, 4) is 0 Å². The number of carbonyl (C=O) groups is 1. The molecule has 0 saturated heterocycles. The Morgan fingerprint density at radius 3 is 2.88 bits per heavy atom. The van der Waals surface area contributed by atoms with Gasteiger partial charge in [-0.2, -0.15) is 0 Å². The molecule has 0 bridgehead atoms. The Balaban J connectivity index is 2.85. The Hall–Kier alpha value is -1.26. The fourth-order valence-electron chi connectivity index (χ4n) is 1.52. The van der Waals surface area contributed by atoms with Gasteiger partial charge in [-0.25, -0.2) is 0 Å². The molecule has 4 nitrogen and oxygen atoms in total. The number of hydrogen-bond acceptors (Lipinski definition) is 3. The van der Waals surface area contributed by atoms with Crippen LogP contribution in [-0.2, 0) is 4.79 Å². The molecule has 1 amide bonds. The van der Waals surface area contributed by atoms with E-state index in [2.05, 4.69) is 6.58 Å². The van der Waals surface area contributed by atoms with Crippen LogP contribution in [0.2, 0.25) is 0 Å². The van der Waals surface area contributed by atoms with Gasteiger partial charge in [0.2, 0.25) is 5.91 Å². The summed E-state index contributed by atoms with van der Waals surface area (Å²) >= 11 is 5.60. The number of amides is 1. The van der Waals surface area contributed by atoms with Gasteiger partial charge in [0.1, 0.15) is 0 Å². The van der Waals surface area contributed by atoms with Crippen molar-refractivity contribution >= 4 is 17.5 Å². The SMILES string of the molecule is C=C(Cl)/C=C\C1=C(N[O-])CCN(C(C)=O)C1. The van der Waals surface area contributed by atoms with E-state index in [0.29, 0.717) is 30.2 Å². The number of nitrogens with zero attached hydrogens (tertiary/aromatic N) is 1. The minimum Gasteiger partial charge on any atom is -0.761 e. The molecule has 1 heterocycles. The molecule has 0 saturated carbocycles. The summed E-state index contributed by atoms with van der Waals surface area (Å²) in [4.78, 5) is 12.9. The molecule has 0 fully saturated rings. The Morgan fingerprint density at radius 1 is 1.69 bits per heavy atom. The number of halogens is 1. The van der Waals surface area contributed by atoms with Crippen molar-refractivity contribution < 1.29 is 4.79 Å². The number of hydroxylamine groups is 1. The van der Waals surface area contributed by atoms with E-state index in [1.54, 1.807) is 17.1 Å². The predicted octanol–water partition coefficient (Wildman–Crippen LogP) is 1.89. The van der Waals surface area contributed by atoms with Crippen LogP contribution in [0.4, 0.5) is 0 Å². The molecule has 0 unspecified atom stereocenters. The van der Waals surface area contributed by atoms with Crippen LogP contribution in [0.25, 0.3) is 0 Å². The summed E-state index contributed by atoms with van der Waals surface area (Å²) in [6.45, 7) is 6.03. The first-order chi connectivity index (χ1) is 7.54. The van der Waals surface area contributed by atoms with E-state index in [4.69, 9.17) is 11.6 Å². The Labute approximate surface area is 99.8 Å². The van der Waals surface area contributed by atoms with Crippen LogP contribution in [0, 0.1) is 5.21 Å². The summed E-state index contributed by atoms with van der Waals surface area (Å²) in [6, 6.07) is 0. The maximum Gasteiger partial charge on any atom is 0.219 e. The van der Waals surface area contributed by atoms with Crippen molar-refractivity contribution in [1.82, 2.24) is 10.4 Å². The molecule has 16 heavy (non-hydrogen) atoms. The molecule has 1 aliphatic rings. The summed E-state index contributed by atoms with van der Waals surface area (Å²) in [5.41, 5.74) is 3.28. The van der Waals surface area contributed by atoms with E-state index in [0.717, 1.165) is 5.57 Å². The lowest BCUT2D eigenvalue weighted by molar-refractivity contribution is -0.128. The molecule has 0 aromatic heterocycles. The highest BCUT2D eigenvalue weighted by molar-refractivity contribution is 6.30. The lowest BCUT2D eigenvalue weighted by Crippen LogP contribution is -2.36. The molecule has 1 N–H and O–H groups in total. The average Bonchev–Trinajstić information content (AvgIpc) is 2.25. The molecule has 0 spiro atoms. The number of carbonyl (C=O) groups excluding carboxylic acids is 1. The maximum atomic E-state index is 11.2. The number of allylic oxidation sites excluding steroid dienone is 2. The highest BCUT2D eigenvalue weighted by Crippen LogP contribution is 2.17. The molecular formula is C11H14ClN2O2-. The third-order valence-electron chi connectivity index (χ3n) is 2.41. The first-order valence-corrected chi connectivity index (χ1v) is 5.30. The van der Waals surface area contributed by atoms with Gasteiger partial charge >= 0.3 is 0 Å². The summed E-state index contributed by atoms with van der Waals surface area (Å²) in [6.07, 6.45) is 3.86. The number of rotatable bonds is 3. The smallest absolute Gasteiger partial charge is 0.219 e. The standard InChI is InChI=1S/C11H14ClN2O2/c1-8(12)3-4-10-7-14(9(2)15)6-5-11(10)13-16/h3-4,13H,1,5-7H2,2H3/q-1/b4-3-. The zero-order chi connectivity index (χ0) is 12.1. The van der Waals surface area contributed by atoms with Gasteiger partial charge in [0.25, 0.3) is 0 Å². The normalized spacial score (nSPS) is 16.8. The van der Waals surface area contributed by atoms with Crippen LogP contribution in [0.5, 0.6) is 0 Å². The molecule has 88 valence electrons. The van der Waals surface area contributed by atoms with Crippen LogP contribution < -0.4 is 5.48 Å². The summed E-state index contributed by atoms with van der Waals surface area (Å²) in [5.74, 6) is 0.000508. The average molecular weight is 242 g/mol. The van der Waals surface area contributed by atoms with Crippen LogP contribution in [-0.4, -0.2) is 23.9 Å². The molecule has 0 radical (unpaired) electrons. The fourth-order valence-corrected chi connectivity index (χ4v) is 1.58. The number of nitrogens with one attached hydrogen (secondary N) is 1. The molecule has 1 rings (SSSR count). The quantitative estimate of drug-likeness (QED) is 0.606. The third kappa shape index (κ3) is 3.40. The lowest BCUT2D eigenvalue weighted by Gasteiger charge is -2.31. The Bertz CT molecular complexity index is 361. The zero-order valence-corrected chi connectivity index (χ0v) is 9.88. The molecular weight excluding hydrogens is 228 g/mol. The monoisotopic (exact) mass is 241 g/mol. The summed E-state index contributed by atoms with van der Waals surface area (Å²) in [5, 5.41) is 11.1. The van der Waals surface area contributed by atoms with E-state index >= 15 is 0 Å². The van der Waals surface area contributed by atoms with Crippen molar-refractivity contribution in [1.29, 1.82) is 0 Å². The van der Waals surface area contributed by atoms with E-state index in [1.807, 2.05) is 5.48 Å². The lowest BCUT2D eigenvalue weighted by atomic mass is 10.1. The second-order valence-corrected chi connectivity index (χ2v) is 4.06. The van der Waals surface area contributed by atoms with Crippen LogP contribution >= 0.6 is 11.6 Å². The maximum absolute atomic E-state index is 11.2. The van der Waals surface area contributed by atoms with Crippen molar-refractivity contribution in [2.45, 2.75) is 13.3 Å². The number of hydrogen-bond donors (Lipinski definition) is 1. The highest BCUT2D eigenvalue weighted by atomic mass is 35.5. The third-order valence-corrected chi connectivity index (χ3v) is 2.54. The summed E-state index contributed by atoms with van der Waals surface area (Å²) in [7, 11) is 0. The molecule has 0 aliphatic carbocycles. The molecule has 0 atom stereocenters.